The monoisotopic (exact) mass is 280 g/mol. The molecule has 0 aromatic heterocycles. The highest BCUT2D eigenvalue weighted by atomic mass is 16.5. The average Bonchev–Trinajstić information content (AvgIpc) is 2.35. The number of benzene rings is 1. The first-order valence-electron chi connectivity index (χ1n) is 5.88. The minimum absolute atomic E-state index is 0.341. The Kier molecular flexibility index (Phi) is 5.52. The van der Waals surface area contributed by atoms with E-state index in [1.807, 2.05) is 13.0 Å². The molecule has 0 saturated carbocycles. The lowest BCUT2D eigenvalue weighted by Crippen LogP contribution is -2.45. The summed E-state index contributed by atoms with van der Waals surface area (Å²) in [6.07, 6.45) is -0.467. The number of nitrogens with one attached hydrogen (secondary N) is 1. The van der Waals surface area contributed by atoms with Crippen LogP contribution in [0.15, 0.2) is 24.3 Å². The number of carbonyl (C=O) groups excluding carboxylic acids is 2. The number of carboxylic acid groups (broad SMARTS) is 1. The first kappa shape index (κ1) is 15.5. The van der Waals surface area contributed by atoms with E-state index in [0.29, 0.717) is 5.75 Å². The molecule has 0 radical (unpaired) electrons. The summed E-state index contributed by atoms with van der Waals surface area (Å²) in [7, 11) is 0. The smallest absolute Gasteiger partial charge is 0.326 e. The predicted molar refractivity (Wildman–Crippen MR) is 70.1 cm³/mol. The SMILES string of the molecule is Cc1cccc(OCC(=O)N[C@H](CC(N)=O)C(=O)O)c1. The lowest BCUT2D eigenvalue weighted by molar-refractivity contribution is -0.143. The maximum atomic E-state index is 11.5. The van der Waals surface area contributed by atoms with Crippen molar-refractivity contribution in [2.45, 2.75) is 19.4 Å². The Bertz CT molecular complexity index is 515. The van der Waals surface area contributed by atoms with Crippen molar-refractivity contribution in [3.8, 4) is 5.75 Å². The second-order valence-electron chi connectivity index (χ2n) is 4.23. The van der Waals surface area contributed by atoms with Crippen LogP contribution in [0.25, 0.3) is 0 Å². The van der Waals surface area contributed by atoms with Gasteiger partial charge in [0.1, 0.15) is 11.8 Å². The van der Waals surface area contributed by atoms with Crippen LogP contribution in [0.2, 0.25) is 0 Å². The third kappa shape index (κ3) is 5.38. The molecule has 0 bridgehead atoms. The summed E-state index contributed by atoms with van der Waals surface area (Å²) in [5.74, 6) is -2.27. The van der Waals surface area contributed by atoms with Crippen LogP contribution in [0, 0.1) is 6.92 Å². The Labute approximate surface area is 115 Å². The third-order valence-electron chi connectivity index (χ3n) is 2.40. The van der Waals surface area contributed by atoms with Gasteiger partial charge >= 0.3 is 5.97 Å². The van der Waals surface area contributed by atoms with E-state index in [1.54, 1.807) is 18.2 Å². The Hall–Kier alpha value is -2.57. The summed E-state index contributed by atoms with van der Waals surface area (Å²) < 4.78 is 5.21. The van der Waals surface area contributed by atoms with Crippen molar-refractivity contribution in [2.24, 2.45) is 5.73 Å². The molecule has 7 nitrogen and oxygen atoms in total. The molecule has 4 N–H and O–H groups in total. The molecule has 1 aromatic rings. The molecule has 0 spiro atoms. The van der Waals surface area contributed by atoms with Crippen molar-refractivity contribution in [3.05, 3.63) is 29.8 Å². The number of amides is 2. The van der Waals surface area contributed by atoms with Crippen molar-refractivity contribution in [3.63, 3.8) is 0 Å². The molecule has 0 aliphatic carbocycles. The third-order valence-corrected chi connectivity index (χ3v) is 2.40. The first-order valence-corrected chi connectivity index (χ1v) is 5.88. The molecule has 0 heterocycles. The normalized spacial score (nSPS) is 11.4. The van der Waals surface area contributed by atoms with Gasteiger partial charge in [0.05, 0.1) is 6.42 Å². The molecular formula is C13H16N2O5. The first-order chi connectivity index (χ1) is 9.38. The fraction of sp³-hybridized carbons (Fsp3) is 0.308. The number of carbonyl (C=O) groups is 3. The minimum atomic E-state index is -1.35. The molecule has 0 saturated heterocycles. The summed E-state index contributed by atoms with van der Waals surface area (Å²) in [5, 5.41) is 11.0. The number of carboxylic acids is 1. The van der Waals surface area contributed by atoms with E-state index < -0.39 is 30.2 Å². The van der Waals surface area contributed by atoms with Crippen LogP contribution in [-0.4, -0.2) is 35.5 Å². The van der Waals surface area contributed by atoms with Crippen LogP contribution < -0.4 is 15.8 Å². The molecule has 1 rings (SSSR count). The Morgan fingerprint density at radius 2 is 2.10 bits per heavy atom. The zero-order valence-electron chi connectivity index (χ0n) is 11.0. The fourth-order valence-electron chi connectivity index (χ4n) is 1.49. The number of hydrogen-bond donors (Lipinski definition) is 3. The van der Waals surface area contributed by atoms with Gasteiger partial charge in [-0.05, 0) is 24.6 Å². The highest BCUT2D eigenvalue weighted by molar-refractivity contribution is 5.88. The summed E-state index contributed by atoms with van der Waals surface area (Å²) in [5.41, 5.74) is 5.88. The molecule has 2 amide bonds. The maximum Gasteiger partial charge on any atom is 0.326 e. The molecule has 1 atom stereocenters. The van der Waals surface area contributed by atoms with E-state index in [4.69, 9.17) is 15.6 Å². The van der Waals surface area contributed by atoms with Crippen LogP contribution in [0.3, 0.4) is 0 Å². The quantitative estimate of drug-likeness (QED) is 0.640. The topological polar surface area (TPSA) is 119 Å². The molecule has 0 aliphatic rings. The lowest BCUT2D eigenvalue weighted by Gasteiger charge is -2.13. The van der Waals surface area contributed by atoms with Crippen LogP contribution in [0.1, 0.15) is 12.0 Å². The van der Waals surface area contributed by atoms with Gasteiger partial charge in [0, 0.05) is 0 Å². The Morgan fingerprint density at radius 3 is 2.65 bits per heavy atom. The van der Waals surface area contributed by atoms with Crippen LogP contribution in [0.4, 0.5) is 0 Å². The number of aryl methyl sites for hydroxylation is 1. The van der Waals surface area contributed by atoms with Gasteiger partial charge in [-0.1, -0.05) is 12.1 Å². The van der Waals surface area contributed by atoms with E-state index in [0.717, 1.165) is 5.56 Å². The molecule has 0 unspecified atom stereocenters. The van der Waals surface area contributed by atoms with Gasteiger partial charge in [-0.2, -0.15) is 0 Å². The largest absolute Gasteiger partial charge is 0.484 e. The molecule has 7 heteroatoms. The van der Waals surface area contributed by atoms with Gasteiger partial charge in [-0.15, -0.1) is 0 Å². The van der Waals surface area contributed by atoms with Crippen molar-refractivity contribution in [2.75, 3.05) is 6.61 Å². The van der Waals surface area contributed by atoms with Crippen LogP contribution >= 0.6 is 0 Å². The van der Waals surface area contributed by atoms with Gasteiger partial charge in [0.25, 0.3) is 5.91 Å². The second-order valence-corrected chi connectivity index (χ2v) is 4.23. The number of hydrogen-bond acceptors (Lipinski definition) is 4. The summed E-state index contributed by atoms with van der Waals surface area (Å²) in [6, 6.07) is 5.72. The Morgan fingerprint density at radius 1 is 1.40 bits per heavy atom. The van der Waals surface area contributed by atoms with Crippen LogP contribution in [0.5, 0.6) is 5.75 Å². The van der Waals surface area contributed by atoms with E-state index in [-0.39, 0.29) is 6.61 Å². The predicted octanol–water partition coefficient (Wildman–Crippen LogP) is -0.181. The van der Waals surface area contributed by atoms with Crippen molar-refractivity contribution in [1.82, 2.24) is 5.32 Å². The molecule has 1 aromatic carbocycles. The Balaban J connectivity index is 2.49. The molecule has 20 heavy (non-hydrogen) atoms. The molecule has 108 valence electrons. The summed E-state index contributed by atoms with van der Waals surface area (Å²) >= 11 is 0. The van der Waals surface area contributed by atoms with Gasteiger partial charge in [0.15, 0.2) is 6.61 Å². The maximum absolute atomic E-state index is 11.5. The van der Waals surface area contributed by atoms with E-state index in [9.17, 15) is 14.4 Å². The van der Waals surface area contributed by atoms with Crippen LogP contribution in [-0.2, 0) is 14.4 Å². The molecule has 0 fully saturated rings. The van der Waals surface area contributed by atoms with Crippen molar-refractivity contribution >= 4 is 17.8 Å². The highest BCUT2D eigenvalue weighted by Gasteiger charge is 2.22. The minimum Gasteiger partial charge on any atom is -0.484 e. The number of primary amides is 1. The van der Waals surface area contributed by atoms with Gasteiger partial charge in [-0.25, -0.2) is 4.79 Å². The summed E-state index contributed by atoms with van der Waals surface area (Å²) in [4.78, 5) is 33.1. The van der Waals surface area contributed by atoms with Crippen molar-refractivity contribution < 1.29 is 24.2 Å². The number of ether oxygens (including phenoxy) is 1. The zero-order valence-corrected chi connectivity index (χ0v) is 11.0. The van der Waals surface area contributed by atoms with E-state index in [1.165, 1.54) is 0 Å². The van der Waals surface area contributed by atoms with E-state index in [2.05, 4.69) is 5.32 Å². The number of aliphatic carboxylic acids is 1. The molecule has 0 aliphatic heterocycles. The number of nitrogens with two attached hydrogens (primary N) is 1. The number of rotatable bonds is 7. The van der Waals surface area contributed by atoms with Crippen molar-refractivity contribution in [1.29, 1.82) is 0 Å². The zero-order chi connectivity index (χ0) is 15.1. The van der Waals surface area contributed by atoms with Gasteiger partial charge in [-0.3, -0.25) is 9.59 Å². The second kappa shape index (κ2) is 7.13. The average molecular weight is 280 g/mol. The molecular weight excluding hydrogens is 264 g/mol. The lowest BCUT2D eigenvalue weighted by atomic mass is 10.2. The van der Waals surface area contributed by atoms with E-state index >= 15 is 0 Å². The van der Waals surface area contributed by atoms with Gasteiger partial charge in [0.2, 0.25) is 5.91 Å². The standard InChI is InChI=1S/C13H16N2O5/c1-8-3-2-4-9(5-8)20-7-12(17)15-10(13(18)19)6-11(14)16/h2-5,10H,6-7H2,1H3,(H2,14,16)(H,15,17)(H,18,19)/t10-/m1/s1. The van der Waals surface area contributed by atoms with Gasteiger partial charge < -0.3 is 20.9 Å². The fourth-order valence-corrected chi connectivity index (χ4v) is 1.49. The summed E-state index contributed by atoms with van der Waals surface area (Å²) in [6.45, 7) is 1.53. The highest BCUT2D eigenvalue weighted by Crippen LogP contribution is 2.11.